The fourth-order valence-corrected chi connectivity index (χ4v) is 3.16. The van der Waals surface area contributed by atoms with Gasteiger partial charge in [-0.15, -0.1) is 0 Å². The lowest BCUT2D eigenvalue weighted by Gasteiger charge is -2.16. The van der Waals surface area contributed by atoms with Crippen LogP contribution in [0.3, 0.4) is 0 Å². The van der Waals surface area contributed by atoms with Crippen LogP contribution in [0, 0.1) is 23.7 Å². The van der Waals surface area contributed by atoms with Gasteiger partial charge in [-0.1, -0.05) is 92.4 Å². The molecular formula is C20H42O. The third-order valence-electron chi connectivity index (χ3n) is 4.89. The van der Waals surface area contributed by atoms with Crippen molar-refractivity contribution in [2.24, 2.45) is 23.7 Å². The highest BCUT2D eigenvalue weighted by atomic mass is 16.3. The molecule has 1 nitrogen and oxygen atoms in total. The summed E-state index contributed by atoms with van der Waals surface area (Å²) in [7, 11) is 0. The Hall–Kier alpha value is -0.0400. The third kappa shape index (κ3) is 14.7. The lowest BCUT2D eigenvalue weighted by molar-refractivity contribution is 0.255. The second-order valence-corrected chi connectivity index (χ2v) is 8.01. The van der Waals surface area contributed by atoms with E-state index in [4.69, 9.17) is 5.11 Å². The van der Waals surface area contributed by atoms with Gasteiger partial charge in [-0.2, -0.15) is 0 Å². The van der Waals surface area contributed by atoms with Crippen molar-refractivity contribution in [1.29, 1.82) is 0 Å². The normalized spacial score (nSPS) is 16.1. The van der Waals surface area contributed by atoms with Crippen LogP contribution in [0.4, 0.5) is 0 Å². The molecule has 3 atom stereocenters. The highest BCUT2D eigenvalue weighted by molar-refractivity contribution is 4.60. The minimum Gasteiger partial charge on any atom is -0.396 e. The van der Waals surface area contributed by atoms with Crippen LogP contribution in [0.2, 0.25) is 0 Å². The summed E-state index contributed by atoms with van der Waals surface area (Å²) in [6, 6.07) is 0. The monoisotopic (exact) mass is 298 g/mol. The van der Waals surface area contributed by atoms with Crippen molar-refractivity contribution >= 4 is 0 Å². The maximum absolute atomic E-state index is 8.91. The molecule has 1 unspecified atom stereocenters. The summed E-state index contributed by atoms with van der Waals surface area (Å²) in [4.78, 5) is 0. The van der Waals surface area contributed by atoms with Gasteiger partial charge in [0.1, 0.15) is 0 Å². The maximum atomic E-state index is 8.91. The van der Waals surface area contributed by atoms with Crippen molar-refractivity contribution < 1.29 is 5.11 Å². The Balaban J connectivity index is 3.45. The number of hydrogen-bond donors (Lipinski definition) is 1. The molecule has 0 rings (SSSR count). The van der Waals surface area contributed by atoms with Gasteiger partial charge in [-0.25, -0.2) is 0 Å². The highest BCUT2D eigenvalue weighted by Crippen LogP contribution is 2.22. The average molecular weight is 299 g/mol. The van der Waals surface area contributed by atoms with Crippen LogP contribution in [-0.2, 0) is 0 Å². The zero-order valence-corrected chi connectivity index (χ0v) is 15.5. The van der Waals surface area contributed by atoms with E-state index in [1.807, 2.05) is 0 Å². The Morgan fingerprint density at radius 2 is 0.857 bits per heavy atom. The van der Waals surface area contributed by atoms with Crippen molar-refractivity contribution in [2.75, 3.05) is 6.61 Å². The summed E-state index contributed by atoms with van der Waals surface area (Å²) in [5.74, 6) is 3.36. The molecule has 1 heteroatoms. The van der Waals surface area contributed by atoms with Gasteiger partial charge in [0.05, 0.1) is 0 Å². The molecule has 0 aromatic carbocycles. The summed E-state index contributed by atoms with van der Waals surface area (Å²) >= 11 is 0. The molecular weight excluding hydrogens is 256 g/mol. The first-order valence-electron chi connectivity index (χ1n) is 9.56. The molecule has 0 spiro atoms. The Labute approximate surface area is 134 Å². The van der Waals surface area contributed by atoms with E-state index in [2.05, 4.69) is 34.6 Å². The van der Waals surface area contributed by atoms with Crippen molar-refractivity contribution in [2.45, 2.75) is 98.8 Å². The van der Waals surface area contributed by atoms with E-state index < -0.39 is 0 Å². The van der Waals surface area contributed by atoms with Crippen LogP contribution in [0.25, 0.3) is 0 Å². The summed E-state index contributed by atoms with van der Waals surface area (Å²) in [5, 5.41) is 8.91. The average Bonchev–Trinajstić information content (AvgIpc) is 2.38. The first-order chi connectivity index (χ1) is 9.95. The zero-order valence-electron chi connectivity index (χ0n) is 15.5. The molecule has 0 aliphatic rings. The van der Waals surface area contributed by atoms with Gasteiger partial charge in [-0.3, -0.25) is 0 Å². The Morgan fingerprint density at radius 3 is 1.19 bits per heavy atom. The smallest absolute Gasteiger partial charge is 0.0433 e. The summed E-state index contributed by atoms with van der Waals surface area (Å²) in [5.41, 5.74) is 0. The van der Waals surface area contributed by atoms with E-state index in [1.165, 1.54) is 57.8 Å². The second kappa shape index (κ2) is 13.6. The van der Waals surface area contributed by atoms with Crippen LogP contribution in [0.5, 0.6) is 0 Å². The van der Waals surface area contributed by atoms with Gasteiger partial charge in [0.15, 0.2) is 0 Å². The van der Waals surface area contributed by atoms with Crippen LogP contribution in [0.1, 0.15) is 98.8 Å². The molecule has 0 radical (unpaired) electrons. The Bertz CT molecular complexity index is 212. The largest absolute Gasteiger partial charge is 0.396 e. The Morgan fingerprint density at radius 1 is 0.524 bits per heavy atom. The molecule has 21 heavy (non-hydrogen) atoms. The lowest BCUT2D eigenvalue weighted by atomic mass is 9.91. The summed E-state index contributed by atoms with van der Waals surface area (Å²) < 4.78 is 0. The molecule has 0 heterocycles. The molecule has 0 bridgehead atoms. The number of hydrogen-bond acceptors (Lipinski definition) is 1. The highest BCUT2D eigenvalue weighted by Gasteiger charge is 2.07. The van der Waals surface area contributed by atoms with Crippen molar-refractivity contribution in [3.8, 4) is 0 Å². The van der Waals surface area contributed by atoms with Gasteiger partial charge in [0.25, 0.3) is 0 Å². The topological polar surface area (TPSA) is 20.2 Å². The maximum Gasteiger partial charge on any atom is 0.0433 e. The first-order valence-corrected chi connectivity index (χ1v) is 9.56. The molecule has 0 saturated heterocycles. The molecule has 0 amide bonds. The number of aliphatic hydroxyl groups excluding tert-OH is 1. The van der Waals surface area contributed by atoms with Crippen LogP contribution in [-0.4, -0.2) is 11.7 Å². The molecule has 128 valence electrons. The SMILES string of the molecule is CC(C)CCC[C@@H](C)CCC[C@@H](C)CCCC(C)CCO. The van der Waals surface area contributed by atoms with Crippen molar-refractivity contribution in [1.82, 2.24) is 0 Å². The van der Waals surface area contributed by atoms with E-state index in [-0.39, 0.29) is 0 Å². The van der Waals surface area contributed by atoms with Gasteiger partial charge in [0, 0.05) is 6.61 Å². The standard InChI is InChI=1S/C20H42O/c1-17(2)9-6-10-18(3)11-7-12-19(4)13-8-14-20(5)15-16-21/h17-21H,6-16H2,1-5H3/t18-,19-,20?/m1/s1. The van der Waals surface area contributed by atoms with Crippen LogP contribution >= 0.6 is 0 Å². The predicted octanol–water partition coefficient (Wildman–Crippen LogP) is 6.44. The lowest BCUT2D eigenvalue weighted by Crippen LogP contribution is -2.02. The fraction of sp³-hybridized carbons (Fsp3) is 1.00. The van der Waals surface area contributed by atoms with E-state index in [1.54, 1.807) is 0 Å². The first kappa shape index (κ1) is 21.0. The minimum absolute atomic E-state index is 0.353. The molecule has 0 aliphatic heterocycles. The molecule has 0 fully saturated rings. The molecule has 0 saturated carbocycles. The molecule has 0 aliphatic carbocycles. The fourth-order valence-electron chi connectivity index (χ4n) is 3.16. The molecule has 0 aromatic heterocycles. The number of rotatable bonds is 14. The van der Waals surface area contributed by atoms with Gasteiger partial charge >= 0.3 is 0 Å². The summed E-state index contributed by atoms with van der Waals surface area (Å²) in [6.07, 6.45) is 13.4. The second-order valence-electron chi connectivity index (χ2n) is 8.01. The van der Waals surface area contributed by atoms with Crippen LogP contribution in [0.15, 0.2) is 0 Å². The van der Waals surface area contributed by atoms with E-state index >= 15 is 0 Å². The van der Waals surface area contributed by atoms with Crippen LogP contribution < -0.4 is 0 Å². The van der Waals surface area contributed by atoms with E-state index in [9.17, 15) is 0 Å². The minimum atomic E-state index is 0.353. The van der Waals surface area contributed by atoms with E-state index in [0.717, 1.165) is 24.2 Å². The third-order valence-corrected chi connectivity index (χ3v) is 4.89. The molecule has 1 N–H and O–H groups in total. The predicted molar refractivity (Wildman–Crippen MR) is 95.6 cm³/mol. The van der Waals surface area contributed by atoms with Crippen molar-refractivity contribution in [3.05, 3.63) is 0 Å². The zero-order chi connectivity index (χ0) is 16.1. The van der Waals surface area contributed by atoms with E-state index in [0.29, 0.717) is 12.5 Å². The molecule has 0 aromatic rings. The Kier molecular flexibility index (Phi) is 13.6. The van der Waals surface area contributed by atoms with Gasteiger partial charge in [-0.05, 0) is 30.1 Å². The van der Waals surface area contributed by atoms with Gasteiger partial charge < -0.3 is 5.11 Å². The number of aliphatic hydroxyl groups is 1. The van der Waals surface area contributed by atoms with Crippen molar-refractivity contribution in [3.63, 3.8) is 0 Å². The summed E-state index contributed by atoms with van der Waals surface area (Å²) in [6.45, 7) is 12.1. The van der Waals surface area contributed by atoms with Gasteiger partial charge in [0.2, 0.25) is 0 Å². The quantitative estimate of drug-likeness (QED) is 0.391.